The first-order valence-electron chi connectivity index (χ1n) is 8.06. The molecule has 6 nitrogen and oxygen atoms in total. The van der Waals surface area contributed by atoms with Crippen molar-refractivity contribution in [3.8, 4) is 0 Å². The molecule has 1 heterocycles. The van der Waals surface area contributed by atoms with Crippen molar-refractivity contribution in [1.29, 1.82) is 0 Å². The Labute approximate surface area is 162 Å². The van der Waals surface area contributed by atoms with E-state index in [1.54, 1.807) is 22.5 Å². The predicted molar refractivity (Wildman–Crippen MR) is 108 cm³/mol. The van der Waals surface area contributed by atoms with Gasteiger partial charge >= 0.3 is 0 Å². The van der Waals surface area contributed by atoms with Crippen molar-refractivity contribution < 1.29 is 8.42 Å². The molecule has 0 aromatic heterocycles. The predicted octanol–water partition coefficient (Wildman–Crippen LogP) is 2.29. The van der Waals surface area contributed by atoms with E-state index in [1.807, 2.05) is 19.9 Å². The fraction of sp³-hybridized carbons (Fsp3) is 0.562. The number of nitrogens with two attached hydrogens (primary N) is 1. The van der Waals surface area contributed by atoms with Gasteiger partial charge in [-0.25, -0.2) is 13.4 Å². The quantitative estimate of drug-likeness (QED) is 0.396. The standard InChI is InChI=1S/C16H26N4O2S.HI/c1-13(2)19-16(17)18-12-14-8-4-5-9-15(14)23(21,22)20-10-6-3-7-11-20;/h4-5,8-9,13H,3,6-7,10-12H2,1-2H3,(H3,17,18,19);1H. The molecule has 0 atom stereocenters. The van der Waals surface area contributed by atoms with Gasteiger partial charge in [-0.3, -0.25) is 0 Å². The number of hydrogen-bond acceptors (Lipinski definition) is 3. The first-order valence-corrected chi connectivity index (χ1v) is 9.50. The number of nitrogens with one attached hydrogen (secondary N) is 1. The van der Waals surface area contributed by atoms with Gasteiger partial charge in [0.2, 0.25) is 10.0 Å². The molecule has 0 amide bonds. The Kier molecular flexibility index (Phi) is 8.44. The summed E-state index contributed by atoms with van der Waals surface area (Å²) in [5.74, 6) is 0.324. The maximum absolute atomic E-state index is 12.9. The molecule has 1 aromatic carbocycles. The molecule has 24 heavy (non-hydrogen) atoms. The Hall–Kier alpha value is -0.870. The van der Waals surface area contributed by atoms with Crippen LogP contribution in [0, 0.1) is 0 Å². The van der Waals surface area contributed by atoms with E-state index >= 15 is 0 Å². The SMILES string of the molecule is CC(C)NC(N)=NCc1ccccc1S(=O)(=O)N1CCCCC1.I. The lowest BCUT2D eigenvalue weighted by atomic mass is 10.2. The lowest BCUT2D eigenvalue weighted by molar-refractivity contribution is 0.346. The third-order valence-corrected chi connectivity index (χ3v) is 5.76. The first-order chi connectivity index (χ1) is 10.9. The molecule has 0 radical (unpaired) electrons. The topological polar surface area (TPSA) is 87.8 Å². The van der Waals surface area contributed by atoms with Gasteiger partial charge in [0.25, 0.3) is 0 Å². The third-order valence-electron chi connectivity index (χ3n) is 3.76. The molecule has 8 heteroatoms. The van der Waals surface area contributed by atoms with Gasteiger partial charge in [-0.2, -0.15) is 4.31 Å². The number of halogens is 1. The van der Waals surface area contributed by atoms with Crippen LogP contribution in [0.25, 0.3) is 0 Å². The minimum atomic E-state index is -3.46. The Morgan fingerprint density at radius 3 is 2.50 bits per heavy atom. The largest absolute Gasteiger partial charge is 0.370 e. The molecule has 136 valence electrons. The summed E-state index contributed by atoms with van der Waals surface area (Å²) >= 11 is 0. The lowest BCUT2D eigenvalue weighted by Gasteiger charge is -2.26. The number of nitrogens with zero attached hydrogens (tertiary/aromatic N) is 2. The van der Waals surface area contributed by atoms with Crippen LogP contribution < -0.4 is 11.1 Å². The maximum Gasteiger partial charge on any atom is 0.243 e. The number of sulfonamides is 1. The Balaban J connectivity index is 0.00000288. The summed E-state index contributed by atoms with van der Waals surface area (Å²) in [7, 11) is -3.46. The van der Waals surface area contributed by atoms with Crippen molar-refractivity contribution in [1.82, 2.24) is 9.62 Å². The zero-order valence-electron chi connectivity index (χ0n) is 14.2. The van der Waals surface area contributed by atoms with E-state index in [9.17, 15) is 8.42 Å². The van der Waals surface area contributed by atoms with Gasteiger partial charge < -0.3 is 11.1 Å². The number of hydrogen-bond donors (Lipinski definition) is 2. The summed E-state index contributed by atoms with van der Waals surface area (Å²) in [5.41, 5.74) is 6.48. The van der Waals surface area contributed by atoms with E-state index in [-0.39, 0.29) is 36.6 Å². The Morgan fingerprint density at radius 2 is 1.88 bits per heavy atom. The highest BCUT2D eigenvalue weighted by Gasteiger charge is 2.27. The van der Waals surface area contributed by atoms with Crippen LogP contribution in [-0.4, -0.2) is 37.8 Å². The molecule has 2 rings (SSSR count). The van der Waals surface area contributed by atoms with Gasteiger partial charge in [-0.1, -0.05) is 24.6 Å². The maximum atomic E-state index is 12.9. The summed E-state index contributed by atoms with van der Waals surface area (Å²) in [5, 5.41) is 3.00. The lowest BCUT2D eigenvalue weighted by Crippen LogP contribution is -2.37. The second-order valence-corrected chi connectivity index (χ2v) is 7.98. The highest BCUT2D eigenvalue weighted by molar-refractivity contribution is 14.0. The van der Waals surface area contributed by atoms with Gasteiger partial charge in [0.1, 0.15) is 0 Å². The fourth-order valence-corrected chi connectivity index (χ4v) is 4.37. The summed E-state index contributed by atoms with van der Waals surface area (Å²) in [4.78, 5) is 4.59. The van der Waals surface area contributed by atoms with Gasteiger partial charge in [0.15, 0.2) is 5.96 Å². The number of aliphatic imine (C=N–C) groups is 1. The van der Waals surface area contributed by atoms with Crippen LogP contribution in [0.5, 0.6) is 0 Å². The Bertz CT molecular complexity index is 656. The molecule has 0 aliphatic carbocycles. The normalized spacial score (nSPS) is 16.7. The third kappa shape index (κ3) is 5.59. The molecule has 1 aliphatic heterocycles. The van der Waals surface area contributed by atoms with Crippen LogP contribution in [0.2, 0.25) is 0 Å². The van der Waals surface area contributed by atoms with Crippen molar-refractivity contribution in [2.75, 3.05) is 13.1 Å². The molecular weight excluding hydrogens is 439 g/mol. The van der Waals surface area contributed by atoms with E-state index < -0.39 is 10.0 Å². The van der Waals surface area contributed by atoms with Crippen LogP contribution in [-0.2, 0) is 16.6 Å². The second kappa shape index (κ2) is 9.57. The molecule has 1 aliphatic rings. The molecule has 1 aromatic rings. The average Bonchev–Trinajstić information content (AvgIpc) is 2.53. The molecule has 3 N–H and O–H groups in total. The van der Waals surface area contributed by atoms with E-state index in [4.69, 9.17) is 5.73 Å². The summed E-state index contributed by atoms with van der Waals surface area (Å²) in [6, 6.07) is 7.21. The minimum absolute atomic E-state index is 0. The van der Waals surface area contributed by atoms with Gasteiger partial charge in [-0.05, 0) is 38.3 Å². The van der Waals surface area contributed by atoms with Crippen LogP contribution in [0.4, 0.5) is 0 Å². The van der Waals surface area contributed by atoms with Gasteiger partial charge in [-0.15, -0.1) is 24.0 Å². The van der Waals surface area contributed by atoms with Crippen LogP contribution in [0.1, 0.15) is 38.7 Å². The summed E-state index contributed by atoms with van der Waals surface area (Å²) < 4.78 is 27.3. The van der Waals surface area contributed by atoms with E-state index in [0.29, 0.717) is 29.5 Å². The molecule has 1 fully saturated rings. The number of benzene rings is 1. The zero-order chi connectivity index (χ0) is 16.9. The summed E-state index contributed by atoms with van der Waals surface area (Å²) in [6.45, 7) is 5.37. The number of piperidine rings is 1. The van der Waals surface area contributed by atoms with Crippen molar-refractivity contribution in [2.24, 2.45) is 10.7 Å². The van der Waals surface area contributed by atoms with Gasteiger partial charge in [0.05, 0.1) is 11.4 Å². The number of rotatable bonds is 5. The van der Waals surface area contributed by atoms with Crippen LogP contribution in [0.15, 0.2) is 34.2 Å². The molecule has 0 spiro atoms. The van der Waals surface area contributed by atoms with Crippen molar-refractivity contribution in [3.63, 3.8) is 0 Å². The molecular formula is C16H27IN4O2S. The first kappa shape index (κ1) is 21.2. The van der Waals surface area contributed by atoms with E-state index in [2.05, 4.69) is 10.3 Å². The monoisotopic (exact) mass is 466 g/mol. The highest BCUT2D eigenvalue weighted by atomic mass is 127. The van der Waals surface area contributed by atoms with Crippen molar-refractivity contribution in [3.05, 3.63) is 29.8 Å². The highest BCUT2D eigenvalue weighted by Crippen LogP contribution is 2.24. The molecule has 0 saturated carbocycles. The van der Waals surface area contributed by atoms with Crippen molar-refractivity contribution >= 4 is 40.0 Å². The molecule has 0 unspecified atom stereocenters. The average molecular weight is 466 g/mol. The van der Waals surface area contributed by atoms with Crippen LogP contribution in [0.3, 0.4) is 0 Å². The molecule has 1 saturated heterocycles. The van der Waals surface area contributed by atoms with E-state index in [1.165, 1.54) is 0 Å². The smallest absolute Gasteiger partial charge is 0.243 e. The zero-order valence-corrected chi connectivity index (χ0v) is 17.4. The van der Waals surface area contributed by atoms with E-state index in [0.717, 1.165) is 19.3 Å². The van der Waals surface area contributed by atoms with Gasteiger partial charge in [0, 0.05) is 19.1 Å². The molecule has 0 bridgehead atoms. The van der Waals surface area contributed by atoms with Crippen LogP contribution >= 0.6 is 24.0 Å². The second-order valence-electron chi connectivity index (χ2n) is 6.07. The van der Waals surface area contributed by atoms with Crippen molar-refractivity contribution in [2.45, 2.75) is 50.6 Å². The number of guanidine groups is 1. The minimum Gasteiger partial charge on any atom is -0.370 e. The fourth-order valence-electron chi connectivity index (χ4n) is 2.64. The summed E-state index contributed by atoms with van der Waals surface area (Å²) in [6.07, 6.45) is 2.94. The Morgan fingerprint density at radius 1 is 1.25 bits per heavy atom.